The van der Waals surface area contributed by atoms with Gasteiger partial charge in [-0.25, -0.2) is 12.7 Å². The van der Waals surface area contributed by atoms with E-state index in [9.17, 15) is 18.0 Å². The highest BCUT2D eigenvalue weighted by Crippen LogP contribution is 2.29. The second kappa shape index (κ2) is 7.40. The van der Waals surface area contributed by atoms with Crippen LogP contribution in [0.4, 0.5) is 11.4 Å². The molecule has 1 N–H and O–H groups in total. The second-order valence-electron chi connectivity index (χ2n) is 6.22. The molecule has 1 aliphatic rings. The zero-order chi connectivity index (χ0) is 19.6. The summed E-state index contributed by atoms with van der Waals surface area (Å²) in [5.74, 6) is -1.22. The average molecular weight is 388 g/mol. The van der Waals surface area contributed by atoms with Crippen LogP contribution in [0.5, 0.6) is 5.75 Å². The Labute approximate surface area is 158 Å². The number of benzene rings is 2. The van der Waals surface area contributed by atoms with Crippen LogP contribution >= 0.6 is 0 Å². The Morgan fingerprint density at radius 3 is 2.63 bits per heavy atom. The Balaban J connectivity index is 1.88. The minimum Gasteiger partial charge on any atom is -0.492 e. The summed E-state index contributed by atoms with van der Waals surface area (Å²) in [5, 5.41) is 2.75. The van der Waals surface area contributed by atoms with E-state index in [2.05, 4.69) is 5.32 Å². The van der Waals surface area contributed by atoms with Gasteiger partial charge in [0.1, 0.15) is 5.75 Å². The largest absolute Gasteiger partial charge is 0.492 e. The topological polar surface area (TPSA) is 92.8 Å². The van der Waals surface area contributed by atoms with Gasteiger partial charge in [-0.15, -0.1) is 0 Å². The van der Waals surface area contributed by atoms with Gasteiger partial charge >= 0.3 is 0 Å². The maximum atomic E-state index is 12.6. The van der Waals surface area contributed by atoms with E-state index in [4.69, 9.17) is 4.74 Å². The van der Waals surface area contributed by atoms with Crippen molar-refractivity contribution < 1.29 is 22.7 Å². The molecule has 0 saturated carbocycles. The summed E-state index contributed by atoms with van der Waals surface area (Å²) in [4.78, 5) is 24.9. The number of anilines is 2. The molecule has 2 amide bonds. The molecule has 1 saturated heterocycles. The first-order chi connectivity index (χ1) is 12.8. The Kier molecular flexibility index (Phi) is 5.18. The molecule has 3 rings (SSSR count). The lowest BCUT2D eigenvalue weighted by Crippen LogP contribution is -2.30. The van der Waals surface area contributed by atoms with Crippen molar-refractivity contribution in [2.24, 2.45) is 5.92 Å². The third-order valence-electron chi connectivity index (χ3n) is 4.14. The Bertz CT molecular complexity index is 987. The van der Waals surface area contributed by atoms with Gasteiger partial charge in [-0.3, -0.25) is 9.59 Å². The lowest BCUT2D eigenvalue weighted by molar-refractivity contribution is -0.119. The van der Waals surface area contributed by atoms with Gasteiger partial charge in [-0.1, -0.05) is 25.1 Å². The molecule has 7 nitrogen and oxygen atoms in total. The molecule has 1 heterocycles. The van der Waals surface area contributed by atoms with Gasteiger partial charge in [0.25, 0.3) is 5.91 Å². The maximum absolute atomic E-state index is 12.6. The Morgan fingerprint density at radius 2 is 1.96 bits per heavy atom. The number of nitrogens with one attached hydrogen (secondary N) is 1. The van der Waals surface area contributed by atoms with Crippen molar-refractivity contribution in [3.63, 3.8) is 0 Å². The van der Waals surface area contributed by atoms with E-state index in [0.29, 0.717) is 18.0 Å². The molecule has 1 fully saturated rings. The minimum absolute atomic E-state index is 0.162. The zero-order valence-corrected chi connectivity index (χ0v) is 15.8. The molecule has 1 aliphatic heterocycles. The molecule has 2 aromatic rings. The summed E-state index contributed by atoms with van der Waals surface area (Å²) in [7, 11) is -3.72. The van der Waals surface area contributed by atoms with Gasteiger partial charge < -0.3 is 10.1 Å². The van der Waals surface area contributed by atoms with Crippen molar-refractivity contribution in [2.45, 2.75) is 13.8 Å². The minimum atomic E-state index is -3.72. The van der Waals surface area contributed by atoms with Crippen LogP contribution in [-0.2, 0) is 14.8 Å². The van der Waals surface area contributed by atoms with Crippen LogP contribution in [-0.4, -0.2) is 32.6 Å². The van der Waals surface area contributed by atoms with Crippen LogP contribution < -0.4 is 14.4 Å². The zero-order valence-electron chi connectivity index (χ0n) is 15.0. The van der Waals surface area contributed by atoms with Crippen LogP contribution in [0.1, 0.15) is 24.2 Å². The van der Waals surface area contributed by atoms with Crippen molar-refractivity contribution in [1.29, 1.82) is 0 Å². The fraction of sp³-hybridized carbons (Fsp3) is 0.263. The number of hydrogen-bond acceptors (Lipinski definition) is 5. The van der Waals surface area contributed by atoms with E-state index < -0.39 is 27.8 Å². The first-order valence-corrected chi connectivity index (χ1v) is 10.1. The number of rotatable bonds is 5. The Morgan fingerprint density at radius 1 is 1.22 bits per heavy atom. The van der Waals surface area contributed by atoms with Crippen LogP contribution in [0.25, 0.3) is 0 Å². The van der Waals surface area contributed by atoms with Crippen LogP contribution in [0.2, 0.25) is 0 Å². The smallest absolute Gasteiger partial charge is 0.255 e. The number of sulfonamides is 1. The van der Waals surface area contributed by atoms with E-state index in [-0.39, 0.29) is 17.0 Å². The van der Waals surface area contributed by atoms with Crippen molar-refractivity contribution in [2.75, 3.05) is 22.0 Å². The second-order valence-corrected chi connectivity index (χ2v) is 8.08. The molecular formula is C19H20N2O5S. The lowest BCUT2D eigenvalue weighted by atomic mass is 10.1. The maximum Gasteiger partial charge on any atom is 0.255 e. The number of hydrogen-bond donors (Lipinski definition) is 1. The summed E-state index contributed by atoms with van der Waals surface area (Å²) < 4.78 is 30.8. The molecule has 0 radical (unpaired) electrons. The fourth-order valence-electron chi connectivity index (χ4n) is 2.91. The number of ether oxygens (including phenoxy) is 1. The van der Waals surface area contributed by atoms with Crippen molar-refractivity contribution in [3.8, 4) is 5.75 Å². The number of nitrogens with zero attached hydrogens (tertiary/aromatic N) is 1. The molecule has 0 aliphatic carbocycles. The fourth-order valence-corrected chi connectivity index (χ4v) is 4.72. The predicted molar refractivity (Wildman–Crippen MR) is 102 cm³/mol. The van der Waals surface area contributed by atoms with E-state index in [1.54, 1.807) is 43.3 Å². The quantitative estimate of drug-likeness (QED) is 0.850. The number of amides is 2. The van der Waals surface area contributed by atoms with E-state index in [0.717, 1.165) is 4.31 Å². The van der Waals surface area contributed by atoms with Gasteiger partial charge in [-0.05, 0) is 37.3 Å². The monoisotopic (exact) mass is 388 g/mol. The number of para-hydroxylation sites is 2. The van der Waals surface area contributed by atoms with Crippen LogP contribution in [0, 0.1) is 5.92 Å². The van der Waals surface area contributed by atoms with E-state index in [1.807, 2.05) is 6.92 Å². The summed E-state index contributed by atoms with van der Waals surface area (Å²) in [5.41, 5.74) is 0.907. The third kappa shape index (κ3) is 3.80. The van der Waals surface area contributed by atoms with Crippen molar-refractivity contribution in [1.82, 2.24) is 0 Å². The van der Waals surface area contributed by atoms with E-state index in [1.165, 1.54) is 12.1 Å². The molecule has 27 heavy (non-hydrogen) atoms. The molecular weight excluding hydrogens is 368 g/mol. The number of carbonyl (C=O) groups excluding carboxylic acids is 2. The van der Waals surface area contributed by atoms with Crippen molar-refractivity contribution in [3.05, 3.63) is 54.1 Å². The van der Waals surface area contributed by atoms with Gasteiger partial charge in [0, 0.05) is 5.56 Å². The van der Waals surface area contributed by atoms with Crippen LogP contribution in [0.3, 0.4) is 0 Å². The van der Waals surface area contributed by atoms with E-state index >= 15 is 0 Å². The van der Waals surface area contributed by atoms with Crippen LogP contribution in [0.15, 0.2) is 48.5 Å². The standard InChI is InChI=1S/C19H20N2O5S/c1-3-26-17-10-5-4-9-16(17)20-18(22)14-7-6-8-15(11-14)21-19(23)13(2)12-27(21,24)25/h4-11,13H,3,12H2,1-2H3,(H,20,22). The molecule has 8 heteroatoms. The highest BCUT2D eigenvalue weighted by molar-refractivity contribution is 7.94. The van der Waals surface area contributed by atoms with Gasteiger partial charge in [-0.2, -0.15) is 0 Å². The summed E-state index contributed by atoms with van der Waals surface area (Å²) >= 11 is 0. The van der Waals surface area contributed by atoms with Gasteiger partial charge in [0.15, 0.2) is 0 Å². The normalized spacial score (nSPS) is 18.4. The molecule has 0 spiro atoms. The molecule has 142 valence electrons. The molecule has 1 atom stereocenters. The van der Waals surface area contributed by atoms with Crippen molar-refractivity contribution >= 4 is 33.2 Å². The van der Waals surface area contributed by atoms with Gasteiger partial charge in [0.05, 0.1) is 29.7 Å². The summed E-state index contributed by atoms with van der Waals surface area (Å²) in [6.45, 7) is 3.87. The lowest BCUT2D eigenvalue weighted by Gasteiger charge is -2.16. The third-order valence-corrected chi connectivity index (χ3v) is 6.01. The first kappa shape index (κ1) is 18.9. The average Bonchev–Trinajstić information content (AvgIpc) is 2.84. The van der Waals surface area contributed by atoms with Gasteiger partial charge in [0.2, 0.25) is 15.9 Å². The summed E-state index contributed by atoms with van der Waals surface area (Å²) in [6, 6.07) is 13.0. The first-order valence-electron chi connectivity index (χ1n) is 8.53. The SMILES string of the molecule is CCOc1ccccc1NC(=O)c1cccc(N2C(=O)C(C)CS2(=O)=O)c1. The Hall–Kier alpha value is -2.87. The predicted octanol–water partition coefficient (Wildman–Crippen LogP) is 2.65. The molecule has 2 aromatic carbocycles. The molecule has 1 unspecified atom stereocenters. The molecule has 0 bridgehead atoms. The highest BCUT2D eigenvalue weighted by Gasteiger charge is 2.42. The molecule has 0 aromatic heterocycles. The highest BCUT2D eigenvalue weighted by atomic mass is 32.2. The summed E-state index contributed by atoms with van der Waals surface area (Å²) in [6.07, 6.45) is 0. The number of carbonyl (C=O) groups is 2.